The Bertz CT molecular complexity index is 381. The van der Waals surface area contributed by atoms with Crippen LogP contribution in [0.4, 0.5) is 0 Å². The minimum Gasteiger partial charge on any atom is -0.380 e. The second-order valence-electron chi connectivity index (χ2n) is 5.21. The smallest absolute Gasteiger partial charge is 0.0839 e. The Morgan fingerprint density at radius 2 is 2.32 bits per heavy atom. The van der Waals surface area contributed by atoms with E-state index in [0.717, 1.165) is 26.0 Å². The maximum atomic E-state index is 5.93. The molecule has 0 radical (unpaired) electrons. The van der Waals surface area contributed by atoms with Crippen molar-refractivity contribution in [3.63, 3.8) is 0 Å². The Morgan fingerprint density at radius 1 is 1.42 bits per heavy atom. The van der Waals surface area contributed by atoms with E-state index < -0.39 is 0 Å². The molecule has 3 nitrogen and oxygen atoms in total. The molecule has 1 aliphatic rings. The van der Waals surface area contributed by atoms with Crippen LogP contribution in [0, 0.1) is 0 Å². The summed E-state index contributed by atoms with van der Waals surface area (Å²) >= 11 is 0. The normalized spacial score (nSPS) is 23.5. The zero-order valence-electron chi connectivity index (χ0n) is 12.0. The molecule has 0 aromatic heterocycles. The fourth-order valence-electron chi connectivity index (χ4n) is 2.61. The maximum absolute atomic E-state index is 5.93. The number of hydrogen-bond acceptors (Lipinski definition) is 3. The third-order valence-corrected chi connectivity index (χ3v) is 3.60. The minimum atomic E-state index is 0.222. The van der Waals surface area contributed by atoms with Gasteiger partial charge in [-0.1, -0.05) is 31.2 Å². The maximum Gasteiger partial charge on any atom is 0.0839 e. The predicted octanol–water partition coefficient (Wildman–Crippen LogP) is 3.05. The third kappa shape index (κ3) is 4.30. The summed E-state index contributed by atoms with van der Waals surface area (Å²) in [5, 5.41) is 3.61. The summed E-state index contributed by atoms with van der Waals surface area (Å²) in [6.07, 6.45) is 3.59. The average Bonchev–Trinajstić information content (AvgIpc) is 2.46. The van der Waals surface area contributed by atoms with Crippen LogP contribution in [-0.4, -0.2) is 26.3 Å². The zero-order valence-corrected chi connectivity index (χ0v) is 12.0. The Balaban J connectivity index is 1.98. The first-order chi connectivity index (χ1) is 9.33. The lowest BCUT2D eigenvalue weighted by atomic mass is 9.96. The molecule has 0 bridgehead atoms. The van der Waals surface area contributed by atoms with Crippen LogP contribution in [0.15, 0.2) is 24.3 Å². The van der Waals surface area contributed by atoms with Gasteiger partial charge in [0.15, 0.2) is 0 Å². The molecule has 2 rings (SSSR count). The Hall–Kier alpha value is -0.900. The SMILES string of the molecule is CCCNC1CCOC(c2cccc(COC)c2)C1. The number of ether oxygens (including phenoxy) is 2. The van der Waals surface area contributed by atoms with Gasteiger partial charge in [-0.05, 0) is 36.9 Å². The molecule has 1 aliphatic heterocycles. The quantitative estimate of drug-likeness (QED) is 0.855. The number of benzene rings is 1. The number of hydrogen-bond donors (Lipinski definition) is 1. The fraction of sp³-hybridized carbons (Fsp3) is 0.625. The third-order valence-electron chi connectivity index (χ3n) is 3.60. The average molecular weight is 263 g/mol. The number of rotatable bonds is 6. The highest BCUT2D eigenvalue weighted by Crippen LogP contribution is 2.28. The summed E-state index contributed by atoms with van der Waals surface area (Å²) in [5.41, 5.74) is 2.49. The fourth-order valence-corrected chi connectivity index (χ4v) is 2.61. The van der Waals surface area contributed by atoms with Crippen molar-refractivity contribution in [1.82, 2.24) is 5.32 Å². The molecule has 1 heterocycles. The zero-order chi connectivity index (χ0) is 13.5. The van der Waals surface area contributed by atoms with E-state index in [2.05, 4.69) is 36.5 Å². The van der Waals surface area contributed by atoms with Gasteiger partial charge in [0, 0.05) is 19.8 Å². The van der Waals surface area contributed by atoms with Gasteiger partial charge in [-0.25, -0.2) is 0 Å². The molecule has 2 atom stereocenters. The molecule has 0 aliphatic carbocycles. The van der Waals surface area contributed by atoms with Crippen LogP contribution in [-0.2, 0) is 16.1 Å². The molecule has 1 aromatic rings. The molecule has 106 valence electrons. The van der Waals surface area contributed by atoms with Gasteiger partial charge in [0.1, 0.15) is 0 Å². The molecular weight excluding hydrogens is 238 g/mol. The van der Waals surface area contributed by atoms with Crippen LogP contribution in [0.3, 0.4) is 0 Å². The van der Waals surface area contributed by atoms with E-state index >= 15 is 0 Å². The van der Waals surface area contributed by atoms with Gasteiger partial charge in [0.2, 0.25) is 0 Å². The number of methoxy groups -OCH3 is 1. The molecule has 1 fully saturated rings. The highest BCUT2D eigenvalue weighted by molar-refractivity contribution is 5.25. The molecule has 19 heavy (non-hydrogen) atoms. The lowest BCUT2D eigenvalue weighted by Gasteiger charge is -2.30. The summed E-state index contributed by atoms with van der Waals surface area (Å²) in [6, 6.07) is 9.14. The molecule has 1 N–H and O–H groups in total. The van der Waals surface area contributed by atoms with Crippen molar-refractivity contribution in [3.05, 3.63) is 35.4 Å². The number of nitrogens with one attached hydrogen (secondary N) is 1. The van der Waals surface area contributed by atoms with Crippen molar-refractivity contribution in [2.75, 3.05) is 20.3 Å². The molecule has 3 heteroatoms. The van der Waals surface area contributed by atoms with E-state index in [9.17, 15) is 0 Å². The standard InChI is InChI=1S/C16H25NO2/c1-3-8-17-15-7-9-19-16(11-15)14-6-4-5-13(10-14)12-18-2/h4-6,10,15-17H,3,7-9,11-12H2,1-2H3. The monoisotopic (exact) mass is 263 g/mol. The van der Waals surface area contributed by atoms with Gasteiger partial charge in [-0.15, -0.1) is 0 Å². The minimum absolute atomic E-state index is 0.222. The van der Waals surface area contributed by atoms with Crippen molar-refractivity contribution in [2.24, 2.45) is 0 Å². The summed E-state index contributed by atoms with van der Waals surface area (Å²) in [7, 11) is 1.73. The molecule has 0 spiro atoms. The second-order valence-corrected chi connectivity index (χ2v) is 5.21. The summed E-state index contributed by atoms with van der Waals surface area (Å²) in [6.45, 7) is 4.82. The van der Waals surface area contributed by atoms with Crippen molar-refractivity contribution < 1.29 is 9.47 Å². The molecule has 0 amide bonds. The largest absolute Gasteiger partial charge is 0.380 e. The van der Waals surface area contributed by atoms with Crippen LogP contribution < -0.4 is 5.32 Å². The molecule has 1 aromatic carbocycles. The van der Waals surface area contributed by atoms with Gasteiger partial charge in [-0.2, -0.15) is 0 Å². The topological polar surface area (TPSA) is 30.5 Å². The van der Waals surface area contributed by atoms with Crippen molar-refractivity contribution >= 4 is 0 Å². The van der Waals surface area contributed by atoms with Crippen molar-refractivity contribution in [1.29, 1.82) is 0 Å². The van der Waals surface area contributed by atoms with Crippen LogP contribution in [0.5, 0.6) is 0 Å². The van der Waals surface area contributed by atoms with E-state index in [4.69, 9.17) is 9.47 Å². The molecule has 0 saturated carbocycles. The van der Waals surface area contributed by atoms with E-state index in [1.165, 1.54) is 17.5 Å². The van der Waals surface area contributed by atoms with Gasteiger partial charge in [0.05, 0.1) is 12.7 Å². The first kappa shape index (κ1) is 14.5. The Morgan fingerprint density at radius 3 is 3.11 bits per heavy atom. The molecule has 1 saturated heterocycles. The lowest BCUT2D eigenvalue weighted by molar-refractivity contribution is 0.000259. The first-order valence-electron chi connectivity index (χ1n) is 7.26. The molecular formula is C16H25NO2. The highest BCUT2D eigenvalue weighted by atomic mass is 16.5. The first-order valence-corrected chi connectivity index (χ1v) is 7.26. The highest BCUT2D eigenvalue weighted by Gasteiger charge is 2.23. The van der Waals surface area contributed by atoms with Gasteiger partial charge >= 0.3 is 0 Å². The predicted molar refractivity (Wildman–Crippen MR) is 77.2 cm³/mol. The summed E-state index contributed by atoms with van der Waals surface area (Å²) in [4.78, 5) is 0. The summed E-state index contributed by atoms with van der Waals surface area (Å²) < 4.78 is 11.1. The molecule has 2 unspecified atom stereocenters. The Labute approximate surface area is 116 Å². The van der Waals surface area contributed by atoms with Gasteiger partial charge < -0.3 is 14.8 Å². The lowest BCUT2D eigenvalue weighted by Crippen LogP contribution is -2.36. The van der Waals surface area contributed by atoms with Crippen LogP contribution >= 0.6 is 0 Å². The van der Waals surface area contributed by atoms with Crippen LogP contribution in [0.1, 0.15) is 43.4 Å². The van der Waals surface area contributed by atoms with Crippen LogP contribution in [0.2, 0.25) is 0 Å². The summed E-state index contributed by atoms with van der Waals surface area (Å²) in [5.74, 6) is 0. The van der Waals surface area contributed by atoms with Crippen molar-refractivity contribution in [2.45, 2.75) is 44.9 Å². The second kappa shape index (κ2) is 7.63. The van der Waals surface area contributed by atoms with Gasteiger partial charge in [-0.3, -0.25) is 0 Å². The van der Waals surface area contributed by atoms with E-state index in [1.54, 1.807) is 7.11 Å². The van der Waals surface area contributed by atoms with E-state index in [0.29, 0.717) is 12.6 Å². The Kier molecular flexibility index (Phi) is 5.83. The van der Waals surface area contributed by atoms with Gasteiger partial charge in [0.25, 0.3) is 0 Å². The van der Waals surface area contributed by atoms with Crippen molar-refractivity contribution in [3.8, 4) is 0 Å². The van der Waals surface area contributed by atoms with E-state index in [-0.39, 0.29) is 6.10 Å². The van der Waals surface area contributed by atoms with E-state index in [1.807, 2.05) is 0 Å². The van der Waals surface area contributed by atoms with Crippen LogP contribution in [0.25, 0.3) is 0 Å².